The zero-order valence-electron chi connectivity index (χ0n) is 8.89. The summed E-state index contributed by atoms with van der Waals surface area (Å²) >= 11 is 0. The Balaban J connectivity index is 2.66. The van der Waals surface area contributed by atoms with E-state index in [1.165, 1.54) is 6.92 Å². The number of rotatable bonds is 1. The number of hydrogen-bond acceptors (Lipinski definition) is 4. The molecule has 0 radical (unpaired) electrons. The van der Waals surface area contributed by atoms with E-state index in [0.29, 0.717) is 16.9 Å². The molecule has 0 saturated heterocycles. The van der Waals surface area contributed by atoms with E-state index in [0.717, 1.165) is 0 Å². The fourth-order valence-corrected chi connectivity index (χ4v) is 1.79. The molecule has 1 N–H and O–H groups in total. The number of hydrogen-bond donors (Lipinski definition) is 1. The maximum atomic E-state index is 12.0. The molecular formula is C11H10N2O3. The second kappa shape index (κ2) is 3.52. The molecule has 16 heavy (non-hydrogen) atoms. The maximum Gasteiger partial charge on any atom is 0.320 e. The molecule has 0 aromatic carbocycles. The number of carboxylic acids is 1. The van der Waals surface area contributed by atoms with Crippen LogP contribution in [-0.2, 0) is 4.79 Å². The van der Waals surface area contributed by atoms with Crippen LogP contribution in [0.5, 0.6) is 0 Å². The number of carbonyl (C=O) groups excluding carboxylic acids is 1. The number of aromatic nitrogens is 1. The summed E-state index contributed by atoms with van der Waals surface area (Å²) in [5.41, 5.74) is 1.31. The third-order valence-corrected chi connectivity index (χ3v) is 2.59. The Bertz CT molecular complexity index is 520. The molecule has 0 spiro atoms. The Morgan fingerprint density at radius 1 is 1.44 bits per heavy atom. The van der Waals surface area contributed by atoms with Crippen molar-refractivity contribution in [2.24, 2.45) is 10.9 Å². The fraction of sp³-hybridized carbons (Fsp3) is 0.273. The number of carboxylic acid groups (broad SMARTS) is 1. The Morgan fingerprint density at radius 3 is 2.75 bits per heavy atom. The van der Waals surface area contributed by atoms with E-state index in [9.17, 15) is 9.59 Å². The van der Waals surface area contributed by atoms with Gasteiger partial charge in [0, 0.05) is 11.9 Å². The van der Waals surface area contributed by atoms with Gasteiger partial charge in [0.25, 0.3) is 0 Å². The molecule has 0 fully saturated rings. The average Bonchev–Trinajstić information content (AvgIpc) is 2.15. The van der Waals surface area contributed by atoms with Crippen LogP contribution in [0.1, 0.15) is 22.8 Å². The fourth-order valence-electron chi connectivity index (χ4n) is 1.79. The minimum Gasteiger partial charge on any atom is -0.480 e. The van der Waals surface area contributed by atoms with Gasteiger partial charge >= 0.3 is 5.97 Å². The number of aliphatic carboxylic acids is 1. The van der Waals surface area contributed by atoms with Crippen molar-refractivity contribution in [2.75, 3.05) is 0 Å². The second-order valence-corrected chi connectivity index (χ2v) is 3.72. The van der Waals surface area contributed by atoms with Gasteiger partial charge in [-0.1, -0.05) is 0 Å². The molecule has 1 aliphatic rings. The third kappa shape index (κ3) is 1.41. The number of aryl methyl sites for hydroxylation is 1. The van der Waals surface area contributed by atoms with Crippen LogP contribution in [-0.4, -0.2) is 27.6 Å². The molecule has 5 heteroatoms. The Morgan fingerprint density at radius 2 is 2.12 bits per heavy atom. The zero-order chi connectivity index (χ0) is 11.9. The van der Waals surface area contributed by atoms with Gasteiger partial charge in [0.15, 0.2) is 17.5 Å². The van der Waals surface area contributed by atoms with Crippen LogP contribution in [0.25, 0.3) is 0 Å². The maximum absolute atomic E-state index is 12.0. The number of pyridine rings is 1. The van der Waals surface area contributed by atoms with Gasteiger partial charge in [-0.25, -0.2) is 9.98 Å². The lowest BCUT2D eigenvalue weighted by molar-refractivity contribution is -0.137. The van der Waals surface area contributed by atoms with Crippen LogP contribution < -0.4 is 0 Å². The van der Waals surface area contributed by atoms with Crippen molar-refractivity contribution in [2.45, 2.75) is 13.8 Å². The molecule has 1 unspecified atom stereocenters. The lowest BCUT2D eigenvalue weighted by atomic mass is 9.89. The minimum absolute atomic E-state index is 0.281. The highest BCUT2D eigenvalue weighted by molar-refractivity contribution is 6.26. The first-order chi connectivity index (χ1) is 7.52. The molecule has 2 heterocycles. The summed E-state index contributed by atoms with van der Waals surface area (Å²) in [5.74, 6) is -2.45. The van der Waals surface area contributed by atoms with Crippen molar-refractivity contribution < 1.29 is 14.7 Å². The van der Waals surface area contributed by atoms with E-state index >= 15 is 0 Å². The first-order valence-corrected chi connectivity index (χ1v) is 4.80. The van der Waals surface area contributed by atoms with Crippen LogP contribution >= 0.6 is 0 Å². The molecule has 82 valence electrons. The summed E-state index contributed by atoms with van der Waals surface area (Å²) < 4.78 is 0. The predicted octanol–water partition coefficient (Wildman–Crippen LogP) is 1.38. The number of fused-ring (bicyclic) bond motifs is 1. The number of aliphatic imine (C=N–C) groups is 1. The van der Waals surface area contributed by atoms with Gasteiger partial charge in [0.05, 0.1) is 5.56 Å². The molecule has 0 saturated carbocycles. The smallest absolute Gasteiger partial charge is 0.320 e. The summed E-state index contributed by atoms with van der Waals surface area (Å²) in [4.78, 5) is 31.0. The normalized spacial score (nSPS) is 19.0. The quantitative estimate of drug-likeness (QED) is 0.722. The molecule has 1 aromatic rings. The van der Waals surface area contributed by atoms with Crippen LogP contribution in [0, 0.1) is 12.8 Å². The predicted molar refractivity (Wildman–Crippen MR) is 57.2 cm³/mol. The van der Waals surface area contributed by atoms with Crippen molar-refractivity contribution in [1.29, 1.82) is 0 Å². The van der Waals surface area contributed by atoms with Gasteiger partial charge in [-0.05, 0) is 25.5 Å². The Kier molecular flexibility index (Phi) is 2.30. The molecule has 5 nitrogen and oxygen atoms in total. The summed E-state index contributed by atoms with van der Waals surface area (Å²) in [6.07, 6.45) is 1.55. The lowest BCUT2D eigenvalue weighted by Gasteiger charge is -2.18. The highest BCUT2D eigenvalue weighted by atomic mass is 16.4. The molecule has 1 aromatic heterocycles. The van der Waals surface area contributed by atoms with Gasteiger partial charge in [-0.15, -0.1) is 0 Å². The van der Waals surface area contributed by atoms with Gasteiger partial charge in [0.2, 0.25) is 0 Å². The van der Waals surface area contributed by atoms with Crippen molar-refractivity contribution in [3.8, 4) is 0 Å². The van der Waals surface area contributed by atoms with Crippen molar-refractivity contribution in [3.05, 3.63) is 23.4 Å². The zero-order valence-corrected chi connectivity index (χ0v) is 8.89. The lowest BCUT2D eigenvalue weighted by Crippen LogP contribution is -2.33. The number of nitrogens with zero attached hydrogens (tertiary/aromatic N) is 2. The average molecular weight is 218 g/mol. The monoisotopic (exact) mass is 218 g/mol. The summed E-state index contributed by atoms with van der Waals surface area (Å²) in [7, 11) is 0. The highest BCUT2D eigenvalue weighted by Gasteiger charge is 2.36. The SMILES string of the molecule is CC1=Nc2nccc(C)c2C(=O)C1C(=O)O. The summed E-state index contributed by atoms with van der Waals surface area (Å²) in [6, 6.07) is 1.67. The molecular weight excluding hydrogens is 208 g/mol. The van der Waals surface area contributed by atoms with Crippen molar-refractivity contribution in [1.82, 2.24) is 4.98 Å². The van der Waals surface area contributed by atoms with E-state index in [4.69, 9.17) is 5.11 Å². The van der Waals surface area contributed by atoms with Gasteiger partial charge < -0.3 is 5.11 Å². The van der Waals surface area contributed by atoms with Gasteiger partial charge in [-0.2, -0.15) is 0 Å². The van der Waals surface area contributed by atoms with Crippen molar-refractivity contribution >= 4 is 23.3 Å². The standard InChI is InChI=1S/C11H10N2O3/c1-5-3-4-12-10-7(5)9(14)8(11(15)16)6(2)13-10/h3-4,8H,1-2H3,(H,15,16). The molecule has 0 aliphatic carbocycles. The molecule has 1 aliphatic heterocycles. The first-order valence-electron chi connectivity index (χ1n) is 4.80. The van der Waals surface area contributed by atoms with Crippen LogP contribution in [0.15, 0.2) is 17.3 Å². The van der Waals surface area contributed by atoms with E-state index in [1.54, 1.807) is 19.2 Å². The Labute approximate surface area is 91.8 Å². The Hall–Kier alpha value is -2.04. The highest BCUT2D eigenvalue weighted by Crippen LogP contribution is 2.29. The van der Waals surface area contributed by atoms with E-state index in [2.05, 4.69) is 9.98 Å². The molecule has 0 amide bonds. The van der Waals surface area contributed by atoms with Gasteiger partial charge in [-0.3, -0.25) is 9.59 Å². The van der Waals surface area contributed by atoms with E-state index in [-0.39, 0.29) is 5.71 Å². The number of Topliss-reactive ketones (excluding diaryl/α,β-unsaturated/α-hetero) is 1. The molecule has 2 rings (SSSR count). The first kappa shape index (κ1) is 10.5. The topological polar surface area (TPSA) is 79.6 Å². The van der Waals surface area contributed by atoms with E-state index < -0.39 is 17.7 Å². The number of ketones is 1. The number of carbonyl (C=O) groups is 2. The van der Waals surface area contributed by atoms with Crippen molar-refractivity contribution in [3.63, 3.8) is 0 Å². The van der Waals surface area contributed by atoms with Gasteiger partial charge in [0.1, 0.15) is 0 Å². The van der Waals surface area contributed by atoms with Crippen LogP contribution in [0.2, 0.25) is 0 Å². The second-order valence-electron chi connectivity index (χ2n) is 3.72. The van der Waals surface area contributed by atoms with Crippen LogP contribution in [0.3, 0.4) is 0 Å². The van der Waals surface area contributed by atoms with E-state index in [1.807, 2.05) is 0 Å². The molecule has 1 atom stereocenters. The third-order valence-electron chi connectivity index (χ3n) is 2.59. The minimum atomic E-state index is -1.17. The largest absolute Gasteiger partial charge is 0.480 e. The molecule has 0 bridgehead atoms. The summed E-state index contributed by atoms with van der Waals surface area (Å²) in [5, 5.41) is 8.97. The van der Waals surface area contributed by atoms with Crippen LogP contribution in [0.4, 0.5) is 5.82 Å². The summed E-state index contributed by atoms with van der Waals surface area (Å²) in [6.45, 7) is 3.27.